The van der Waals surface area contributed by atoms with Crippen molar-refractivity contribution in [2.75, 3.05) is 32.5 Å². The third kappa shape index (κ3) is 5.09. The lowest BCUT2D eigenvalue weighted by atomic mass is 10.2. The van der Waals surface area contributed by atoms with Gasteiger partial charge in [-0.2, -0.15) is 0 Å². The van der Waals surface area contributed by atoms with Crippen molar-refractivity contribution in [3.8, 4) is 28.6 Å². The van der Waals surface area contributed by atoms with Crippen molar-refractivity contribution in [3.63, 3.8) is 0 Å². The fourth-order valence-corrected chi connectivity index (χ4v) is 3.65. The van der Waals surface area contributed by atoms with Gasteiger partial charge in [0.1, 0.15) is 5.75 Å². The Balaban J connectivity index is 1.77. The number of non-ortho nitro benzene ring substituents is 1. The average molecular weight is 474 g/mol. The number of nitro groups is 1. The number of amides is 1. The summed E-state index contributed by atoms with van der Waals surface area (Å²) in [6, 6.07) is 9.13. The van der Waals surface area contributed by atoms with Crippen molar-refractivity contribution < 1.29 is 23.9 Å². The minimum absolute atomic E-state index is 0.173. The van der Waals surface area contributed by atoms with E-state index < -0.39 is 16.1 Å². The Morgan fingerprint density at radius 1 is 1.09 bits per heavy atom. The fourth-order valence-electron chi connectivity index (χ4n) is 2.88. The molecule has 2 aromatic carbocycles. The highest BCUT2D eigenvalue weighted by molar-refractivity contribution is 8.00. The van der Waals surface area contributed by atoms with Gasteiger partial charge >= 0.3 is 0 Å². The van der Waals surface area contributed by atoms with Crippen LogP contribution < -0.4 is 25.4 Å². The van der Waals surface area contributed by atoms with Gasteiger partial charge < -0.3 is 25.4 Å². The van der Waals surface area contributed by atoms with Crippen molar-refractivity contribution in [2.24, 2.45) is 0 Å². The first-order chi connectivity index (χ1) is 15.8. The number of hydrogen-bond donors (Lipinski definition) is 2. The van der Waals surface area contributed by atoms with Crippen molar-refractivity contribution in [1.29, 1.82) is 0 Å². The third-order valence-corrected chi connectivity index (χ3v) is 5.67. The molecule has 3 rings (SSSR count). The molecule has 1 atom stereocenters. The number of ether oxygens (including phenoxy) is 3. The van der Waals surface area contributed by atoms with Gasteiger partial charge in [0.15, 0.2) is 17.3 Å². The van der Waals surface area contributed by atoms with E-state index in [9.17, 15) is 14.9 Å². The van der Waals surface area contributed by atoms with Crippen molar-refractivity contribution >= 4 is 29.0 Å². The van der Waals surface area contributed by atoms with Gasteiger partial charge in [0.05, 0.1) is 37.2 Å². The molecule has 1 amide bonds. The Hall–Kier alpha value is -4.00. The highest BCUT2D eigenvalue weighted by Crippen LogP contribution is 2.33. The van der Waals surface area contributed by atoms with Crippen molar-refractivity contribution in [3.05, 3.63) is 46.5 Å². The lowest BCUT2D eigenvalue weighted by Crippen LogP contribution is -2.24. The quantitative estimate of drug-likeness (QED) is 0.204. The first-order valence-electron chi connectivity index (χ1n) is 9.51. The van der Waals surface area contributed by atoms with Gasteiger partial charge in [-0.05, 0) is 31.2 Å². The van der Waals surface area contributed by atoms with Crippen LogP contribution in [0.5, 0.6) is 17.2 Å². The van der Waals surface area contributed by atoms with Gasteiger partial charge in [-0.1, -0.05) is 11.8 Å². The van der Waals surface area contributed by atoms with E-state index >= 15 is 0 Å². The summed E-state index contributed by atoms with van der Waals surface area (Å²) in [5, 5.41) is 21.5. The van der Waals surface area contributed by atoms with Crippen molar-refractivity contribution in [2.45, 2.75) is 17.3 Å². The van der Waals surface area contributed by atoms with Crippen LogP contribution in [0, 0.1) is 10.1 Å². The summed E-state index contributed by atoms with van der Waals surface area (Å²) in [5.41, 5.74) is 0.657. The molecule has 174 valence electrons. The largest absolute Gasteiger partial charge is 0.495 e. The summed E-state index contributed by atoms with van der Waals surface area (Å²) in [7, 11) is 4.46. The first-order valence-corrected chi connectivity index (χ1v) is 10.4. The molecule has 0 aliphatic heterocycles. The summed E-state index contributed by atoms with van der Waals surface area (Å²) in [5.74, 6) is 7.47. The number of methoxy groups -OCH3 is 3. The molecule has 0 fully saturated rings. The molecular formula is C20H22N6O6S. The third-order valence-electron chi connectivity index (χ3n) is 4.61. The molecule has 0 aliphatic rings. The normalized spacial score (nSPS) is 11.5. The Labute approximate surface area is 193 Å². The van der Waals surface area contributed by atoms with Gasteiger partial charge in [0.25, 0.3) is 5.69 Å². The van der Waals surface area contributed by atoms with Gasteiger partial charge in [0, 0.05) is 17.7 Å². The molecule has 3 aromatic rings. The number of carbonyl (C=O) groups is 1. The van der Waals surface area contributed by atoms with E-state index in [1.807, 2.05) is 0 Å². The topological polar surface area (TPSA) is 157 Å². The zero-order valence-electron chi connectivity index (χ0n) is 18.3. The maximum absolute atomic E-state index is 12.7. The number of aromatic nitrogens is 3. The van der Waals surface area contributed by atoms with Gasteiger partial charge in [-0.15, -0.1) is 10.2 Å². The molecule has 33 heavy (non-hydrogen) atoms. The molecule has 1 heterocycles. The molecule has 0 spiro atoms. The summed E-state index contributed by atoms with van der Waals surface area (Å²) >= 11 is 1.08. The van der Waals surface area contributed by atoms with Crippen LogP contribution in [-0.4, -0.2) is 52.3 Å². The molecule has 3 N–H and O–H groups in total. The molecule has 0 aliphatic carbocycles. The van der Waals surface area contributed by atoms with Gasteiger partial charge in [0.2, 0.25) is 11.1 Å². The molecular weight excluding hydrogens is 452 g/mol. The molecule has 1 aromatic heterocycles. The second-order valence-electron chi connectivity index (χ2n) is 6.64. The average Bonchev–Trinajstić information content (AvgIpc) is 3.18. The smallest absolute Gasteiger partial charge is 0.271 e. The van der Waals surface area contributed by atoms with E-state index in [4.69, 9.17) is 20.1 Å². The van der Waals surface area contributed by atoms with Crippen LogP contribution in [0.25, 0.3) is 11.4 Å². The maximum atomic E-state index is 12.7. The van der Waals surface area contributed by atoms with E-state index in [2.05, 4.69) is 15.5 Å². The van der Waals surface area contributed by atoms with Crippen molar-refractivity contribution in [1.82, 2.24) is 14.9 Å². The van der Waals surface area contributed by atoms with E-state index in [0.717, 1.165) is 11.8 Å². The first kappa shape index (κ1) is 23.7. The predicted molar refractivity (Wildman–Crippen MR) is 122 cm³/mol. The zero-order chi connectivity index (χ0) is 24.1. The number of benzene rings is 2. The number of nitrogens with two attached hydrogens (primary N) is 1. The molecule has 0 saturated heterocycles. The molecule has 0 radical (unpaired) electrons. The molecule has 0 bridgehead atoms. The molecule has 0 saturated carbocycles. The lowest BCUT2D eigenvalue weighted by molar-refractivity contribution is -0.384. The van der Waals surface area contributed by atoms with Crippen LogP contribution in [0.3, 0.4) is 0 Å². The van der Waals surface area contributed by atoms with Crippen LogP contribution >= 0.6 is 11.8 Å². The summed E-state index contributed by atoms with van der Waals surface area (Å²) in [4.78, 5) is 23.2. The van der Waals surface area contributed by atoms with E-state index in [1.54, 1.807) is 25.1 Å². The van der Waals surface area contributed by atoms with E-state index in [1.165, 1.54) is 44.2 Å². The number of nitrogens with zero attached hydrogens (tertiary/aromatic N) is 4. The monoisotopic (exact) mass is 474 g/mol. The number of nitrogen functional groups attached to an aromatic ring is 1. The minimum atomic E-state index is -0.654. The number of nitrogens with one attached hydrogen (secondary N) is 1. The second kappa shape index (κ2) is 10.1. The summed E-state index contributed by atoms with van der Waals surface area (Å²) in [6.45, 7) is 1.65. The predicted octanol–water partition coefficient (Wildman–Crippen LogP) is 2.71. The number of nitro benzene ring substituents is 1. The van der Waals surface area contributed by atoms with Crippen LogP contribution in [0.4, 0.5) is 11.4 Å². The molecule has 13 heteroatoms. The fraction of sp³-hybridized carbons (Fsp3) is 0.250. The molecule has 0 unspecified atom stereocenters. The number of thioether (sulfide) groups is 1. The number of anilines is 1. The van der Waals surface area contributed by atoms with Crippen LogP contribution in [0.1, 0.15) is 6.92 Å². The standard InChI is InChI=1S/C20H22N6O6S/c1-11(19(27)22-14-10-13(26(28)29)6-8-15(14)30-2)33-20-24-23-18(25(20)21)12-5-7-16(31-3)17(9-12)32-4/h5-11H,21H2,1-4H3,(H,22,27)/t11-/m1/s1. The highest BCUT2D eigenvalue weighted by Gasteiger charge is 2.22. The summed E-state index contributed by atoms with van der Waals surface area (Å²) < 4.78 is 17.0. The van der Waals surface area contributed by atoms with Gasteiger partial charge in [-0.3, -0.25) is 14.9 Å². The lowest BCUT2D eigenvalue weighted by Gasteiger charge is -2.14. The van der Waals surface area contributed by atoms with Gasteiger partial charge in [-0.25, -0.2) is 4.68 Å². The Bertz CT molecular complexity index is 1180. The van der Waals surface area contributed by atoms with E-state index in [0.29, 0.717) is 33.8 Å². The number of carbonyl (C=O) groups excluding carboxylic acids is 1. The Kier molecular flexibility index (Phi) is 7.23. The Morgan fingerprint density at radius 2 is 1.76 bits per heavy atom. The van der Waals surface area contributed by atoms with E-state index in [-0.39, 0.29) is 11.4 Å². The Morgan fingerprint density at radius 3 is 2.39 bits per heavy atom. The van der Waals surface area contributed by atoms with Crippen LogP contribution in [0.15, 0.2) is 41.6 Å². The zero-order valence-corrected chi connectivity index (χ0v) is 19.1. The minimum Gasteiger partial charge on any atom is -0.495 e. The molecule has 12 nitrogen and oxygen atoms in total. The summed E-state index contributed by atoms with van der Waals surface area (Å²) in [6.07, 6.45) is 0. The van der Waals surface area contributed by atoms with Crippen LogP contribution in [-0.2, 0) is 4.79 Å². The van der Waals surface area contributed by atoms with Crippen LogP contribution in [0.2, 0.25) is 0 Å². The number of hydrogen-bond acceptors (Lipinski definition) is 10. The second-order valence-corrected chi connectivity index (χ2v) is 7.94. The SMILES string of the molecule is COc1ccc([N+](=O)[O-])cc1NC(=O)[C@@H](C)Sc1nnc(-c2ccc(OC)c(OC)c2)n1N. The number of rotatable bonds is 9. The highest BCUT2D eigenvalue weighted by atomic mass is 32.2. The maximum Gasteiger partial charge on any atom is 0.271 e.